The molecule has 0 fully saturated rings. The van der Waals surface area contributed by atoms with E-state index in [0.29, 0.717) is 5.25 Å². The Morgan fingerprint density at radius 3 is 2.69 bits per heavy atom. The van der Waals surface area contributed by atoms with Crippen LogP contribution in [0.1, 0.15) is 26.6 Å². The third-order valence-electron chi connectivity index (χ3n) is 3.59. The number of aryl methyl sites for hydroxylation is 1. The fraction of sp³-hybridized carbons (Fsp3) is 0.500. The smallest absolute Gasteiger partial charge is 0.191 e. The summed E-state index contributed by atoms with van der Waals surface area (Å²) in [5.41, 5.74) is 0. The van der Waals surface area contributed by atoms with Gasteiger partial charge >= 0.3 is 0 Å². The summed E-state index contributed by atoms with van der Waals surface area (Å²) in [6, 6.07) is 10.5. The number of hydrogen-bond acceptors (Lipinski definition) is 4. The van der Waals surface area contributed by atoms with E-state index in [4.69, 9.17) is 4.99 Å². The summed E-state index contributed by atoms with van der Waals surface area (Å²) in [5, 5.41) is 15.2. The Bertz CT molecular complexity index is 646. The number of aromatic nitrogens is 3. The molecule has 6 nitrogen and oxygen atoms in total. The molecule has 0 aliphatic carbocycles. The number of rotatable bonds is 9. The number of nitrogens with one attached hydrogen (secondary N) is 2. The van der Waals surface area contributed by atoms with Gasteiger partial charge in [0.2, 0.25) is 0 Å². The Hall–Kier alpha value is -1.29. The number of hydrogen-bond donors (Lipinski definition) is 2. The van der Waals surface area contributed by atoms with Crippen molar-refractivity contribution < 1.29 is 0 Å². The van der Waals surface area contributed by atoms with E-state index < -0.39 is 0 Å². The Morgan fingerprint density at radius 2 is 2.00 bits per heavy atom. The summed E-state index contributed by atoms with van der Waals surface area (Å²) in [6.45, 7) is 9.60. The minimum atomic E-state index is 0. The third-order valence-corrected chi connectivity index (χ3v) is 4.68. The first-order valence-corrected chi connectivity index (χ1v) is 9.71. The molecule has 0 radical (unpaired) electrons. The van der Waals surface area contributed by atoms with Crippen molar-refractivity contribution in [3.05, 3.63) is 42.5 Å². The first-order valence-electron chi connectivity index (χ1n) is 8.83. The lowest BCUT2D eigenvalue weighted by Crippen LogP contribution is -2.39. The maximum absolute atomic E-state index is 4.70. The Balaban J connectivity index is 0.00000338. The van der Waals surface area contributed by atoms with E-state index in [1.807, 2.05) is 17.8 Å². The number of thioether (sulfide) groups is 1. The van der Waals surface area contributed by atoms with E-state index in [0.717, 1.165) is 44.4 Å². The van der Waals surface area contributed by atoms with Crippen molar-refractivity contribution >= 4 is 41.7 Å². The normalized spacial score (nSPS) is 12.3. The Labute approximate surface area is 177 Å². The standard InChI is InChI=1S/C18H28N6S.HI/c1-4-17-23-22-14-24(17)12-11-20-18(19-5-2)21-13-15(3)25-16-9-7-6-8-10-16;/h6-10,14-15H,4-5,11-13H2,1-3H3,(H2,19,20,21);1H. The zero-order chi connectivity index (χ0) is 17.9. The number of nitrogens with zero attached hydrogens (tertiary/aromatic N) is 4. The first kappa shape index (κ1) is 22.8. The minimum absolute atomic E-state index is 0. The molecule has 1 unspecified atom stereocenters. The van der Waals surface area contributed by atoms with Crippen LogP contribution in [0.5, 0.6) is 0 Å². The van der Waals surface area contributed by atoms with E-state index in [2.05, 4.69) is 70.4 Å². The van der Waals surface area contributed by atoms with Crippen molar-refractivity contribution in [2.24, 2.45) is 4.99 Å². The SMILES string of the molecule is CCNC(=NCC(C)Sc1ccccc1)NCCn1cnnc1CC.I. The molecule has 26 heavy (non-hydrogen) atoms. The van der Waals surface area contributed by atoms with Gasteiger partial charge in [0.1, 0.15) is 12.2 Å². The maximum Gasteiger partial charge on any atom is 0.191 e. The van der Waals surface area contributed by atoms with Crippen molar-refractivity contribution in [3.63, 3.8) is 0 Å². The van der Waals surface area contributed by atoms with E-state index in [-0.39, 0.29) is 24.0 Å². The lowest BCUT2D eigenvalue weighted by Gasteiger charge is -2.14. The molecule has 1 heterocycles. The molecule has 0 spiro atoms. The largest absolute Gasteiger partial charge is 0.357 e. The van der Waals surface area contributed by atoms with Crippen LogP contribution in [0.3, 0.4) is 0 Å². The highest BCUT2D eigenvalue weighted by atomic mass is 127. The molecule has 1 aromatic carbocycles. The van der Waals surface area contributed by atoms with Gasteiger partial charge in [-0.1, -0.05) is 32.0 Å². The Morgan fingerprint density at radius 1 is 1.23 bits per heavy atom. The number of guanidine groups is 1. The quantitative estimate of drug-likeness (QED) is 0.246. The van der Waals surface area contributed by atoms with Gasteiger partial charge in [0.25, 0.3) is 0 Å². The molecule has 8 heteroatoms. The van der Waals surface area contributed by atoms with Crippen LogP contribution in [-0.2, 0) is 13.0 Å². The monoisotopic (exact) mass is 488 g/mol. The average Bonchev–Trinajstić information content (AvgIpc) is 3.08. The van der Waals surface area contributed by atoms with Crippen molar-refractivity contribution in [1.29, 1.82) is 0 Å². The van der Waals surface area contributed by atoms with Crippen LogP contribution in [0.15, 0.2) is 46.5 Å². The van der Waals surface area contributed by atoms with Gasteiger partial charge in [-0.2, -0.15) is 0 Å². The molecule has 1 aromatic heterocycles. The molecule has 2 aromatic rings. The van der Waals surface area contributed by atoms with Crippen LogP contribution < -0.4 is 10.6 Å². The summed E-state index contributed by atoms with van der Waals surface area (Å²) in [6.07, 6.45) is 2.67. The van der Waals surface area contributed by atoms with Gasteiger partial charge in [0, 0.05) is 36.2 Å². The van der Waals surface area contributed by atoms with Crippen LogP contribution in [0.25, 0.3) is 0 Å². The molecule has 0 aliphatic rings. The van der Waals surface area contributed by atoms with Gasteiger partial charge in [0.15, 0.2) is 5.96 Å². The molecule has 1 atom stereocenters. The van der Waals surface area contributed by atoms with Crippen molar-refractivity contribution in [2.45, 2.75) is 43.9 Å². The van der Waals surface area contributed by atoms with Gasteiger partial charge in [-0.25, -0.2) is 0 Å². The van der Waals surface area contributed by atoms with Gasteiger partial charge in [0.05, 0.1) is 6.54 Å². The average molecular weight is 488 g/mol. The molecular formula is C18H29IN6S. The summed E-state index contributed by atoms with van der Waals surface area (Å²) >= 11 is 1.85. The number of halogens is 1. The predicted octanol–water partition coefficient (Wildman–Crippen LogP) is 3.19. The molecule has 0 aliphatic heterocycles. The number of aliphatic imine (C=N–C) groups is 1. The second-order valence-corrected chi connectivity index (χ2v) is 7.19. The topological polar surface area (TPSA) is 67.1 Å². The lowest BCUT2D eigenvalue weighted by molar-refractivity contribution is 0.632. The molecule has 2 N–H and O–H groups in total. The summed E-state index contributed by atoms with van der Waals surface area (Å²) < 4.78 is 2.07. The highest BCUT2D eigenvalue weighted by Crippen LogP contribution is 2.22. The second-order valence-electron chi connectivity index (χ2n) is 5.68. The zero-order valence-electron chi connectivity index (χ0n) is 15.7. The van der Waals surface area contributed by atoms with Crippen LogP contribution in [-0.4, -0.2) is 45.6 Å². The minimum Gasteiger partial charge on any atom is -0.357 e. The molecule has 0 amide bonds. The molecule has 0 saturated carbocycles. The zero-order valence-corrected chi connectivity index (χ0v) is 18.8. The molecule has 0 saturated heterocycles. The second kappa shape index (κ2) is 13.0. The third kappa shape index (κ3) is 7.94. The predicted molar refractivity (Wildman–Crippen MR) is 121 cm³/mol. The highest BCUT2D eigenvalue weighted by Gasteiger charge is 2.05. The highest BCUT2D eigenvalue weighted by molar-refractivity contribution is 14.0. The van der Waals surface area contributed by atoms with E-state index >= 15 is 0 Å². The van der Waals surface area contributed by atoms with Crippen LogP contribution >= 0.6 is 35.7 Å². The maximum atomic E-state index is 4.70. The first-order chi connectivity index (χ1) is 12.2. The fourth-order valence-corrected chi connectivity index (χ4v) is 3.29. The molecular weight excluding hydrogens is 459 g/mol. The van der Waals surface area contributed by atoms with Crippen LogP contribution in [0.4, 0.5) is 0 Å². The van der Waals surface area contributed by atoms with Crippen LogP contribution in [0.2, 0.25) is 0 Å². The van der Waals surface area contributed by atoms with E-state index in [1.54, 1.807) is 6.33 Å². The van der Waals surface area contributed by atoms with E-state index in [9.17, 15) is 0 Å². The van der Waals surface area contributed by atoms with Gasteiger partial charge < -0.3 is 15.2 Å². The fourth-order valence-electron chi connectivity index (χ4n) is 2.36. The van der Waals surface area contributed by atoms with E-state index in [1.165, 1.54) is 4.90 Å². The van der Waals surface area contributed by atoms with Crippen molar-refractivity contribution in [2.75, 3.05) is 19.6 Å². The van der Waals surface area contributed by atoms with Crippen LogP contribution in [0, 0.1) is 0 Å². The Kier molecular flexibility index (Phi) is 11.3. The summed E-state index contributed by atoms with van der Waals surface area (Å²) in [4.78, 5) is 5.98. The van der Waals surface area contributed by atoms with Crippen molar-refractivity contribution in [3.8, 4) is 0 Å². The summed E-state index contributed by atoms with van der Waals surface area (Å²) in [7, 11) is 0. The van der Waals surface area contributed by atoms with Gasteiger partial charge in [-0.15, -0.1) is 45.9 Å². The number of benzene rings is 1. The molecule has 144 valence electrons. The lowest BCUT2D eigenvalue weighted by atomic mass is 10.4. The van der Waals surface area contributed by atoms with Gasteiger partial charge in [-0.05, 0) is 19.1 Å². The van der Waals surface area contributed by atoms with Crippen molar-refractivity contribution in [1.82, 2.24) is 25.4 Å². The molecule has 0 bridgehead atoms. The van der Waals surface area contributed by atoms with Gasteiger partial charge in [-0.3, -0.25) is 4.99 Å². The molecule has 2 rings (SSSR count). The summed E-state index contributed by atoms with van der Waals surface area (Å²) in [5.74, 6) is 1.87.